The maximum absolute atomic E-state index is 11.8. The van der Waals surface area contributed by atoms with E-state index in [2.05, 4.69) is 4.99 Å². The number of halogens is 1. The van der Waals surface area contributed by atoms with Gasteiger partial charge in [-0.15, -0.1) is 11.3 Å². The summed E-state index contributed by atoms with van der Waals surface area (Å²) in [6.45, 7) is 0. The highest BCUT2D eigenvalue weighted by molar-refractivity contribution is 7.89. The summed E-state index contributed by atoms with van der Waals surface area (Å²) in [4.78, 5) is 5.21. The van der Waals surface area contributed by atoms with Gasteiger partial charge in [-0.05, 0) is 12.1 Å². The van der Waals surface area contributed by atoms with E-state index in [0.717, 1.165) is 5.69 Å². The first-order valence-corrected chi connectivity index (χ1v) is 11.3. The van der Waals surface area contributed by atoms with Crippen LogP contribution < -0.4 is 24.2 Å². The van der Waals surface area contributed by atoms with E-state index < -0.39 is 10.0 Å². The summed E-state index contributed by atoms with van der Waals surface area (Å²) in [5.74, 6) is 1.46. The standard InChI is InChI=1S/C19H20ClN3O5S2/c1-23-14(11-5-6-13(20)17(7-11)30(21,24)25)10-29-19(23)22-12-8-15(26-2)18(28-4)16(9-12)27-3/h5-10H,1-4H3,(H2,21,24,25)/b22-19+. The van der Waals surface area contributed by atoms with Gasteiger partial charge in [0.05, 0.1) is 37.7 Å². The van der Waals surface area contributed by atoms with Gasteiger partial charge in [0, 0.05) is 30.1 Å². The Balaban J connectivity index is 2.12. The fraction of sp³-hybridized carbons (Fsp3) is 0.211. The summed E-state index contributed by atoms with van der Waals surface area (Å²) in [7, 11) is 2.49. The second-order valence-electron chi connectivity index (χ2n) is 6.15. The fourth-order valence-electron chi connectivity index (χ4n) is 2.86. The van der Waals surface area contributed by atoms with E-state index in [9.17, 15) is 8.42 Å². The van der Waals surface area contributed by atoms with Crippen LogP contribution in [0, 0.1) is 0 Å². The smallest absolute Gasteiger partial charge is 0.239 e. The third-order valence-corrected chi connectivity index (χ3v) is 6.64. The summed E-state index contributed by atoms with van der Waals surface area (Å²) >= 11 is 7.38. The Morgan fingerprint density at radius 3 is 2.23 bits per heavy atom. The molecule has 3 aromatic rings. The number of hydrogen-bond acceptors (Lipinski definition) is 7. The van der Waals surface area contributed by atoms with Gasteiger partial charge in [0.1, 0.15) is 4.90 Å². The van der Waals surface area contributed by atoms with Gasteiger partial charge >= 0.3 is 0 Å². The molecule has 0 atom stereocenters. The minimum Gasteiger partial charge on any atom is -0.493 e. The first-order valence-electron chi connectivity index (χ1n) is 8.51. The molecule has 3 rings (SSSR count). The number of aromatic nitrogens is 1. The Kier molecular flexibility index (Phi) is 6.41. The summed E-state index contributed by atoms with van der Waals surface area (Å²) in [6, 6.07) is 8.15. The maximum atomic E-state index is 11.8. The van der Waals surface area contributed by atoms with Crippen LogP contribution in [0.25, 0.3) is 11.3 Å². The lowest BCUT2D eigenvalue weighted by atomic mass is 10.2. The molecule has 30 heavy (non-hydrogen) atoms. The van der Waals surface area contributed by atoms with Crippen LogP contribution in [0.1, 0.15) is 0 Å². The zero-order valence-corrected chi connectivity index (χ0v) is 19.1. The molecule has 0 fully saturated rings. The number of nitrogens with two attached hydrogens (primary N) is 1. The van der Waals surface area contributed by atoms with E-state index in [1.165, 1.54) is 44.8 Å². The van der Waals surface area contributed by atoms with Crippen molar-refractivity contribution in [2.45, 2.75) is 4.90 Å². The van der Waals surface area contributed by atoms with Gasteiger partial charge in [-0.3, -0.25) is 0 Å². The topological polar surface area (TPSA) is 105 Å². The van der Waals surface area contributed by atoms with Crippen LogP contribution in [0.2, 0.25) is 5.02 Å². The van der Waals surface area contributed by atoms with Crippen molar-refractivity contribution < 1.29 is 22.6 Å². The zero-order valence-electron chi connectivity index (χ0n) is 16.7. The molecule has 0 unspecified atom stereocenters. The molecule has 1 aromatic heterocycles. The number of hydrogen-bond donors (Lipinski definition) is 1. The molecule has 0 aliphatic rings. The second-order valence-corrected chi connectivity index (χ2v) is 8.92. The van der Waals surface area contributed by atoms with E-state index in [0.29, 0.717) is 33.3 Å². The Labute approximate surface area is 183 Å². The first kappa shape index (κ1) is 22.2. The summed E-state index contributed by atoms with van der Waals surface area (Å²) in [5, 5.41) is 7.20. The number of primary sulfonamides is 1. The van der Waals surface area contributed by atoms with Crippen molar-refractivity contribution in [3.63, 3.8) is 0 Å². The number of ether oxygens (including phenoxy) is 3. The SMILES string of the molecule is COc1cc(/N=c2/scc(-c3ccc(Cl)c(S(N)(=O)=O)c3)n2C)cc(OC)c1OC. The Morgan fingerprint density at radius 1 is 1.07 bits per heavy atom. The molecule has 1 heterocycles. The number of benzene rings is 2. The molecule has 0 saturated carbocycles. The van der Waals surface area contributed by atoms with E-state index >= 15 is 0 Å². The molecule has 0 amide bonds. The molecule has 0 radical (unpaired) electrons. The van der Waals surface area contributed by atoms with Crippen molar-refractivity contribution in [2.75, 3.05) is 21.3 Å². The lowest BCUT2D eigenvalue weighted by Crippen LogP contribution is -2.13. The monoisotopic (exact) mass is 469 g/mol. The van der Waals surface area contributed by atoms with Crippen LogP contribution in [0.5, 0.6) is 17.2 Å². The number of methoxy groups -OCH3 is 3. The van der Waals surface area contributed by atoms with Gasteiger partial charge in [0.25, 0.3) is 0 Å². The normalized spacial score (nSPS) is 12.1. The highest BCUT2D eigenvalue weighted by atomic mass is 35.5. The average Bonchev–Trinajstić information content (AvgIpc) is 3.06. The van der Waals surface area contributed by atoms with Crippen molar-refractivity contribution in [1.29, 1.82) is 0 Å². The third kappa shape index (κ3) is 4.31. The molecule has 0 spiro atoms. The molecule has 0 aliphatic heterocycles. The molecule has 0 bridgehead atoms. The van der Waals surface area contributed by atoms with Gasteiger partial charge < -0.3 is 18.8 Å². The Hall–Kier alpha value is -2.53. The van der Waals surface area contributed by atoms with Crippen molar-refractivity contribution >= 4 is 38.6 Å². The van der Waals surface area contributed by atoms with Gasteiger partial charge in [0.2, 0.25) is 15.8 Å². The van der Waals surface area contributed by atoms with Gasteiger partial charge in [-0.2, -0.15) is 0 Å². The molecule has 0 saturated heterocycles. The molecule has 11 heteroatoms. The molecule has 2 aromatic carbocycles. The number of nitrogens with zero attached hydrogens (tertiary/aromatic N) is 2. The Morgan fingerprint density at radius 2 is 1.70 bits per heavy atom. The molecular weight excluding hydrogens is 450 g/mol. The van der Waals surface area contributed by atoms with Crippen molar-refractivity contribution in [3.05, 3.63) is 45.5 Å². The van der Waals surface area contributed by atoms with E-state index in [1.54, 1.807) is 18.2 Å². The summed E-state index contributed by atoms with van der Waals surface area (Å²) in [6.07, 6.45) is 0. The second kappa shape index (κ2) is 8.68. The lowest BCUT2D eigenvalue weighted by molar-refractivity contribution is 0.324. The van der Waals surface area contributed by atoms with Gasteiger partial charge in [-0.1, -0.05) is 17.7 Å². The van der Waals surface area contributed by atoms with E-state index in [4.69, 9.17) is 31.0 Å². The average molecular weight is 470 g/mol. The van der Waals surface area contributed by atoms with Gasteiger partial charge in [-0.25, -0.2) is 18.5 Å². The minimum absolute atomic E-state index is 0.0708. The maximum Gasteiger partial charge on any atom is 0.239 e. The molecule has 8 nitrogen and oxygen atoms in total. The summed E-state index contributed by atoms with van der Waals surface area (Å²) < 4.78 is 41.5. The van der Waals surface area contributed by atoms with Crippen molar-refractivity contribution in [2.24, 2.45) is 17.2 Å². The van der Waals surface area contributed by atoms with Crippen molar-refractivity contribution in [3.8, 4) is 28.5 Å². The van der Waals surface area contributed by atoms with Crippen molar-refractivity contribution in [1.82, 2.24) is 4.57 Å². The molecule has 0 aliphatic carbocycles. The lowest BCUT2D eigenvalue weighted by Gasteiger charge is -2.12. The predicted molar refractivity (Wildman–Crippen MR) is 116 cm³/mol. The highest BCUT2D eigenvalue weighted by Gasteiger charge is 2.16. The molecule has 160 valence electrons. The largest absolute Gasteiger partial charge is 0.493 e. The zero-order chi connectivity index (χ0) is 22.1. The minimum atomic E-state index is -3.94. The van der Waals surface area contributed by atoms with Gasteiger partial charge in [0.15, 0.2) is 16.3 Å². The van der Waals surface area contributed by atoms with E-state index in [1.807, 2.05) is 17.0 Å². The van der Waals surface area contributed by atoms with Crippen LogP contribution in [0.3, 0.4) is 0 Å². The number of sulfonamides is 1. The first-order chi connectivity index (χ1) is 14.2. The molecule has 2 N–H and O–H groups in total. The number of rotatable bonds is 6. The molecular formula is C19H20ClN3O5S2. The van der Waals surface area contributed by atoms with Crippen LogP contribution in [0.4, 0.5) is 5.69 Å². The van der Waals surface area contributed by atoms with Crippen LogP contribution in [-0.4, -0.2) is 34.3 Å². The number of thiazole rings is 1. The fourth-order valence-corrected chi connectivity index (χ4v) is 4.85. The summed E-state index contributed by atoms with van der Waals surface area (Å²) in [5.41, 5.74) is 2.01. The predicted octanol–water partition coefficient (Wildman–Crippen LogP) is 3.31. The van der Waals surface area contributed by atoms with Crippen LogP contribution >= 0.6 is 22.9 Å². The quantitative estimate of drug-likeness (QED) is 0.596. The third-order valence-electron chi connectivity index (χ3n) is 4.33. The van der Waals surface area contributed by atoms with E-state index in [-0.39, 0.29) is 9.92 Å². The van der Waals surface area contributed by atoms with Crippen LogP contribution in [0.15, 0.2) is 45.6 Å². The Bertz CT molecular complexity index is 1240. The highest BCUT2D eigenvalue weighted by Crippen LogP contribution is 2.40. The van der Waals surface area contributed by atoms with Crippen LogP contribution in [-0.2, 0) is 17.1 Å².